The van der Waals surface area contributed by atoms with Gasteiger partial charge in [-0.05, 0) is 47.3 Å². The normalized spacial score (nSPS) is 16.3. The van der Waals surface area contributed by atoms with Crippen LogP contribution in [0.25, 0.3) is 0 Å². The van der Waals surface area contributed by atoms with E-state index in [1.807, 2.05) is 0 Å². The first-order chi connectivity index (χ1) is 12.1. The topological polar surface area (TPSA) is 77.1 Å². The van der Waals surface area contributed by atoms with Gasteiger partial charge in [-0.1, -0.05) is 20.8 Å². The number of ether oxygens (including phenoxy) is 3. The third kappa shape index (κ3) is 9.38. The molecule has 0 aromatic rings. The van der Waals surface area contributed by atoms with Crippen molar-refractivity contribution in [3.05, 3.63) is 0 Å². The lowest BCUT2D eigenvalue weighted by molar-refractivity contribution is -0.155. The Morgan fingerprint density at radius 2 is 1.54 bits per heavy atom. The quantitative estimate of drug-likeness (QED) is 0.720. The fourth-order valence-corrected chi connectivity index (χ4v) is 2.54. The Kier molecular flexibility index (Phi) is 11.5. The third-order valence-corrected chi connectivity index (χ3v) is 4.09. The van der Waals surface area contributed by atoms with Crippen LogP contribution in [0.5, 0.6) is 0 Å². The van der Waals surface area contributed by atoms with Gasteiger partial charge >= 0.3 is 12.1 Å². The van der Waals surface area contributed by atoms with Gasteiger partial charge in [-0.25, -0.2) is 9.59 Å². The molecule has 1 N–H and O–H groups in total. The molecule has 1 heterocycles. The van der Waals surface area contributed by atoms with Crippen molar-refractivity contribution in [1.29, 1.82) is 0 Å². The Morgan fingerprint density at radius 1 is 1.04 bits per heavy atom. The largest absolute Gasteiger partial charge is 0.464 e. The monoisotopic (exact) mass is 374 g/mol. The van der Waals surface area contributed by atoms with Crippen LogP contribution in [0.2, 0.25) is 0 Å². The maximum absolute atomic E-state index is 12.1. The Balaban J connectivity index is 0.000000758. The van der Waals surface area contributed by atoms with Gasteiger partial charge in [-0.2, -0.15) is 0 Å². The number of nitrogens with one attached hydrogen (secondary N) is 1. The van der Waals surface area contributed by atoms with Crippen molar-refractivity contribution in [1.82, 2.24) is 10.2 Å². The molecule has 0 aromatic carbocycles. The lowest BCUT2D eigenvalue weighted by Crippen LogP contribution is -2.58. The van der Waals surface area contributed by atoms with Crippen LogP contribution in [-0.4, -0.2) is 67.6 Å². The highest BCUT2D eigenvalue weighted by Gasteiger charge is 2.43. The maximum atomic E-state index is 12.1. The van der Waals surface area contributed by atoms with E-state index < -0.39 is 23.2 Å². The fraction of sp³-hybridized carbons (Fsp3) is 0.895. The van der Waals surface area contributed by atoms with E-state index in [-0.39, 0.29) is 6.61 Å². The standard InChI is InChI=1S/C13H23NO5.C6H15N/c1-5-18-10(15)13(6-8-17-9-7-13)14-11(16)19-12(2,3)4;1-4-7(5-2)6-3/h5-9H2,1-4H3,(H,14,16);4-6H2,1-3H3. The van der Waals surface area contributed by atoms with E-state index >= 15 is 0 Å². The second-order valence-electron chi connectivity index (χ2n) is 7.16. The molecule has 1 aliphatic rings. The molecule has 0 bridgehead atoms. The summed E-state index contributed by atoms with van der Waals surface area (Å²) >= 11 is 0. The van der Waals surface area contributed by atoms with Gasteiger partial charge in [0.2, 0.25) is 0 Å². The molecule has 7 heteroatoms. The molecule has 1 saturated heterocycles. The molecule has 154 valence electrons. The summed E-state index contributed by atoms with van der Waals surface area (Å²) in [5.41, 5.74) is -1.64. The number of esters is 1. The van der Waals surface area contributed by atoms with Crippen LogP contribution < -0.4 is 5.32 Å². The van der Waals surface area contributed by atoms with E-state index in [0.29, 0.717) is 26.1 Å². The van der Waals surface area contributed by atoms with E-state index in [0.717, 1.165) is 0 Å². The van der Waals surface area contributed by atoms with Gasteiger partial charge in [-0.3, -0.25) is 0 Å². The van der Waals surface area contributed by atoms with E-state index in [4.69, 9.17) is 14.2 Å². The zero-order valence-electron chi connectivity index (χ0n) is 17.6. The summed E-state index contributed by atoms with van der Waals surface area (Å²) in [7, 11) is 0. The van der Waals surface area contributed by atoms with E-state index in [1.54, 1.807) is 27.7 Å². The zero-order valence-corrected chi connectivity index (χ0v) is 17.6. The van der Waals surface area contributed by atoms with E-state index in [9.17, 15) is 9.59 Å². The van der Waals surface area contributed by atoms with E-state index in [2.05, 4.69) is 31.0 Å². The molecule has 1 rings (SSSR count). The van der Waals surface area contributed by atoms with Crippen LogP contribution in [0.1, 0.15) is 61.3 Å². The van der Waals surface area contributed by atoms with Gasteiger partial charge in [0.15, 0.2) is 0 Å². The highest BCUT2D eigenvalue weighted by molar-refractivity contribution is 5.86. The Morgan fingerprint density at radius 3 is 1.88 bits per heavy atom. The summed E-state index contributed by atoms with van der Waals surface area (Å²) in [5, 5.41) is 2.66. The number of carbonyl (C=O) groups is 2. The molecule has 0 radical (unpaired) electrons. The molecule has 7 nitrogen and oxygen atoms in total. The smallest absolute Gasteiger partial charge is 0.408 e. The molecule has 0 spiro atoms. The van der Waals surface area contributed by atoms with Crippen molar-refractivity contribution in [3.63, 3.8) is 0 Å². The Bertz CT molecular complexity index is 405. The first kappa shape index (κ1) is 24.7. The van der Waals surface area contributed by atoms with Crippen LogP contribution in [0, 0.1) is 0 Å². The van der Waals surface area contributed by atoms with Crippen LogP contribution in [0.4, 0.5) is 4.79 Å². The molecule has 0 unspecified atom stereocenters. The SMILES string of the molecule is CCN(CC)CC.CCOC(=O)C1(NC(=O)OC(C)(C)C)CCOCC1. The minimum absolute atomic E-state index is 0.275. The van der Waals surface area contributed by atoms with Crippen molar-refractivity contribution in [2.75, 3.05) is 39.5 Å². The number of alkyl carbamates (subject to hydrolysis) is 1. The minimum Gasteiger partial charge on any atom is -0.464 e. The summed E-state index contributed by atoms with van der Waals surface area (Å²) in [6.45, 7) is 18.3. The predicted molar refractivity (Wildman–Crippen MR) is 102 cm³/mol. The number of rotatable bonds is 6. The second kappa shape index (κ2) is 12.1. The van der Waals surface area contributed by atoms with Gasteiger partial charge in [0.05, 0.1) is 6.61 Å². The molecular weight excluding hydrogens is 336 g/mol. The third-order valence-electron chi connectivity index (χ3n) is 4.09. The average molecular weight is 375 g/mol. The summed E-state index contributed by atoms with van der Waals surface area (Å²) < 4.78 is 15.5. The highest BCUT2D eigenvalue weighted by atomic mass is 16.6. The van der Waals surface area contributed by atoms with Crippen LogP contribution >= 0.6 is 0 Å². The van der Waals surface area contributed by atoms with Crippen LogP contribution in [0.15, 0.2) is 0 Å². The van der Waals surface area contributed by atoms with Gasteiger partial charge in [0, 0.05) is 26.1 Å². The van der Waals surface area contributed by atoms with Crippen LogP contribution in [-0.2, 0) is 19.0 Å². The molecule has 26 heavy (non-hydrogen) atoms. The Labute approximate surface area is 158 Å². The summed E-state index contributed by atoms with van der Waals surface area (Å²) in [6.07, 6.45) is 0.179. The number of hydrogen-bond donors (Lipinski definition) is 1. The first-order valence-electron chi connectivity index (χ1n) is 9.62. The second-order valence-corrected chi connectivity index (χ2v) is 7.16. The number of nitrogens with zero attached hydrogens (tertiary/aromatic N) is 1. The Hall–Kier alpha value is -1.34. The summed E-state index contributed by atoms with van der Waals surface area (Å²) in [4.78, 5) is 26.3. The van der Waals surface area contributed by atoms with Gasteiger partial charge in [0.25, 0.3) is 0 Å². The molecular formula is C19H38N2O5. The minimum atomic E-state index is -1.03. The summed E-state index contributed by atoms with van der Waals surface area (Å²) in [5.74, 6) is -0.427. The first-order valence-corrected chi connectivity index (χ1v) is 9.62. The van der Waals surface area contributed by atoms with Gasteiger partial charge < -0.3 is 24.4 Å². The highest BCUT2D eigenvalue weighted by Crippen LogP contribution is 2.23. The van der Waals surface area contributed by atoms with Gasteiger partial charge in [0.1, 0.15) is 11.1 Å². The number of amides is 1. The van der Waals surface area contributed by atoms with Crippen molar-refractivity contribution >= 4 is 12.1 Å². The summed E-state index contributed by atoms with van der Waals surface area (Å²) in [6, 6.07) is 0. The molecule has 0 atom stereocenters. The molecule has 1 fully saturated rings. The lowest BCUT2D eigenvalue weighted by atomic mass is 9.90. The lowest BCUT2D eigenvalue weighted by Gasteiger charge is -2.35. The average Bonchev–Trinajstić information content (AvgIpc) is 2.56. The number of hydrogen-bond acceptors (Lipinski definition) is 6. The molecule has 0 aromatic heterocycles. The molecule has 1 amide bonds. The molecule has 0 aliphatic carbocycles. The van der Waals surface area contributed by atoms with Gasteiger partial charge in [-0.15, -0.1) is 0 Å². The maximum Gasteiger partial charge on any atom is 0.408 e. The molecule has 0 saturated carbocycles. The van der Waals surface area contributed by atoms with E-state index in [1.165, 1.54) is 19.6 Å². The zero-order chi connectivity index (χ0) is 20.2. The van der Waals surface area contributed by atoms with Crippen molar-refractivity contribution < 1.29 is 23.8 Å². The van der Waals surface area contributed by atoms with Crippen molar-refractivity contribution in [2.24, 2.45) is 0 Å². The number of carbonyl (C=O) groups excluding carboxylic acids is 2. The van der Waals surface area contributed by atoms with Crippen LogP contribution in [0.3, 0.4) is 0 Å². The fourth-order valence-electron chi connectivity index (χ4n) is 2.54. The van der Waals surface area contributed by atoms with Crippen molar-refractivity contribution in [3.8, 4) is 0 Å². The predicted octanol–water partition coefficient (Wildman–Crippen LogP) is 2.97. The van der Waals surface area contributed by atoms with Crippen molar-refractivity contribution in [2.45, 2.75) is 72.4 Å². The molecule has 1 aliphatic heterocycles.